The van der Waals surface area contributed by atoms with Crippen LogP contribution in [-0.4, -0.2) is 22.2 Å². The molecule has 0 bridgehead atoms. The molecule has 0 heterocycles. The second kappa shape index (κ2) is 4.35. The third-order valence-corrected chi connectivity index (χ3v) is 2.79. The van der Waals surface area contributed by atoms with Crippen molar-refractivity contribution in [3.63, 3.8) is 0 Å². The lowest BCUT2D eigenvalue weighted by molar-refractivity contribution is -0.138. The van der Waals surface area contributed by atoms with Gasteiger partial charge in [-0.05, 0) is 49.6 Å². The average molecular weight is 222 g/mol. The van der Waals surface area contributed by atoms with Crippen LogP contribution in [0.4, 0.5) is 0 Å². The van der Waals surface area contributed by atoms with Gasteiger partial charge in [-0.15, -0.1) is 0 Å². The summed E-state index contributed by atoms with van der Waals surface area (Å²) in [6.07, 6.45) is 0. The standard InChI is InChI=1S/C12H14O4/c1-6-4-9(12(15)16)5-10(7(6)2)8(3)11(13)14/h4-5,8H,1-3H3,(H,13,14)(H,15,16). The highest BCUT2D eigenvalue weighted by Gasteiger charge is 2.19. The summed E-state index contributed by atoms with van der Waals surface area (Å²) in [4.78, 5) is 21.8. The van der Waals surface area contributed by atoms with Gasteiger partial charge in [-0.1, -0.05) is 0 Å². The van der Waals surface area contributed by atoms with Crippen LogP contribution >= 0.6 is 0 Å². The third-order valence-electron chi connectivity index (χ3n) is 2.79. The molecule has 0 saturated carbocycles. The second-order valence-electron chi connectivity index (χ2n) is 3.87. The Bertz CT molecular complexity index is 449. The van der Waals surface area contributed by atoms with E-state index in [4.69, 9.17) is 10.2 Å². The molecule has 16 heavy (non-hydrogen) atoms. The maximum absolute atomic E-state index is 10.9. The molecule has 0 fully saturated rings. The summed E-state index contributed by atoms with van der Waals surface area (Å²) >= 11 is 0. The van der Waals surface area contributed by atoms with Gasteiger partial charge in [-0.3, -0.25) is 4.79 Å². The number of carboxylic acid groups (broad SMARTS) is 2. The van der Waals surface area contributed by atoms with Gasteiger partial charge in [0.2, 0.25) is 0 Å². The van der Waals surface area contributed by atoms with Crippen LogP contribution in [0.2, 0.25) is 0 Å². The van der Waals surface area contributed by atoms with E-state index >= 15 is 0 Å². The zero-order valence-corrected chi connectivity index (χ0v) is 9.44. The predicted molar refractivity (Wildman–Crippen MR) is 58.9 cm³/mol. The Morgan fingerprint density at radius 1 is 1.19 bits per heavy atom. The van der Waals surface area contributed by atoms with E-state index in [1.54, 1.807) is 26.8 Å². The van der Waals surface area contributed by atoms with Crippen LogP contribution in [0.25, 0.3) is 0 Å². The van der Waals surface area contributed by atoms with Gasteiger partial charge < -0.3 is 10.2 Å². The lowest BCUT2D eigenvalue weighted by Gasteiger charge is -2.13. The molecule has 1 atom stereocenters. The van der Waals surface area contributed by atoms with Crippen molar-refractivity contribution in [1.29, 1.82) is 0 Å². The molecule has 4 nitrogen and oxygen atoms in total. The first-order valence-corrected chi connectivity index (χ1v) is 4.91. The van der Waals surface area contributed by atoms with Gasteiger partial charge in [-0.25, -0.2) is 4.79 Å². The zero-order valence-electron chi connectivity index (χ0n) is 9.44. The number of aryl methyl sites for hydroxylation is 1. The Hall–Kier alpha value is -1.84. The van der Waals surface area contributed by atoms with Crippen LogP contribution in [0.1, 0.15) is 39.9 Å². The monoisotopic (exact) mass is 222 g/mol. The Morgan fingerprint density at radius 2 is 1.75 bits per heavy atom. The summed E-state index contributed by atoms with van der Waals surface area (Å²) in [5, 5.41) is 17.8. The Kier molecular flexibility index (Phi) is 3.32. The molecule has 1 rings (SSSR count). The molecule has 1 aromatic rings. The summed E-state index contributed by atoms with van der Waals surface area (Å²) in [5.74, 6) is -2.69. The van der Waals surface area contributed by atoms with E-state index in [2.05, 4.69) is 0 Å². The fourth-order valence-corrected chi connectivity index (χ4v) is 1.59. The molecule has 0 aliphatic heterocycles. The van der Waals surface area contributed by atoms with Crippen molar-refractivity contribution < 1.29 is 19.8 Å². The molecule has 1 aromatic carbocycles. The predicted octanol–water partition coefficient (Wildman–Crippen LogP) is 2.19. The van der Waals surface area contributed by atoms with Crippen LogP contribution in [0.15, 0.2) is 12.1 Å². The minimum absolute atomic E-state index is 0.131. The highest BCUT2D eigenvalue weighted by atomic mass is 16.4. The maximum Gasteiger partial charge on any atom is 0.335 e. The van der Waals surface area contributed by atoms with Gasteiger partial charge in [0.05, 0.1) is 11.5 Å². The molecule has 1 unspecified atom stereocenters. The minimum atomic E-state index is -1.04. The quantitative estimate of drug-likeness (QED) is 0.822. The molecule has 0 saturated heterocycles. The van der Waals surface area contributed by atoms with E-state index in [-0.39, 0.29) is 5.56 Å². The molecule has 0 aliphatic rings. The SMILES string of the molecule is Cc1cc(C(=O)O)cc(C(C)C(=O)O)c1C. The first-order chi connectivity index (χ1) is 7.34. The number of aliphatic carboxylic acids is 1. The second-order valence-corrected chi connectivity index (χ2v) is 3.87. The van der Waals surface area contributed by atoms with Gasteiger partial charge in [0.1, 0.15) is 0 Å². The normalized spacial score (nSPS) is 12.2. The Morgan fingerprint density at radius 3 is 2.19 bits per heavy atom. The van der Waals surface area contributed by atoms with Crippen LogP contribution < -0.4 is 0 Å². The van der Waals surface area contributed by atoms with Gasteiger partial charge in [0, 0.05) is 0 Å². The summed E-state index contributed by atoms with van der Waals surface area (Å²) in [6, 6.07) is 2.99. The molecule has 0 aliphatic carbocycles. The highest BCUT2D eigenvalue weighted by molar-refractivity contribution is 5.89. The van der Waals surface area contributed by atoms with E-state index in [1.165, 1.54) is 6.07 Å². The van der Waals surface area contributed by atoms with E-state index in [0.29, 0.717) is 5.56 Å². The van der Waals surface area contributed by atoms with Crippen LogP contribution in [0, 0.1) is 13.8 Å². The van der Waals surface area contributed by atoms with E-state index in [0.717, 1.165) is 11.1 Å². The summed E-state index contributed by atoms with van der Waals surface area (Å²) in [5.41, 5.74) is 2.32. The largest absolute Gasteiger partial charge is 0.481 e. The number of hydrogen-bond donors (Lipinski definition) is 2. The fourth-order valence-electron chi connectivity index (χ4n) is 1.59. The van der Waals surface area contributed by atoms with Crippen LogP contribution in [0.3, 0.4) is 0 Å². The summed E-state index contributed by atoms with van der Waals surface area (Å²) in [7, 11) is 0. The number of aromatic carboxylic acids is 1. The molecular formula is C12H14O4. The zero-order chi connectivity index (χ0) is 12.5. The smallest absolute Gasteiger partial charge is 0.335 e. The topological polar surface area (TPSA) is 74.6 Å². The van der Waals surface area contributed by atoms with E-state index < -0.39 is 17.9 Å². The van der Waals surface area contributed by atoms with Crippen molar-refractivity contribution in [3.05, 3.63) is 34.4 Å². The number of carboxylic acids is 2. The number of hydrogen-bond acceptors (Lipinski definition) is 2. The van der Waals surface area contributed by atoms with Gasteiger partial charge in [0.25, 0.3) is 0 Å². The molecule has 0 amide bonds. The minimum Gasteiger partial charge on any atom is -0.481 e. The lowest BCUT2D eigenvalue weighted by atomic mass is 9.91. The van der Waals surface area contributed by atoms with Gasteiger partial charge in [-0.2, -0.15) is 0 Å². The number of carbonyl (C=O) groups is 2. The highest BCUT2D eigenvalue weighted by Crippen LogP contribution is 2.24. The van der Waals surface area contributed by atoms with E-state index in [9.17, 15) is 9.59 Å². The Labute approximate surface area is 93.5 Å². The first kappa shape index (κ1) is 12.2. The van der Waals surface area contributed by atoms with Crippen molar-refractivity contribution in [2.75, 3.05) is 0 Å². The van der Waals surface area contributed by atoms with Crippen LogP contribution in [0.5, 0.6) is 0 Å². The number of rotatable bonds is 3. The molecule has 2 N–H and O–H groups in total. The fraction of sp³-hybridized carbons (Fsp3) is 0.333. The molecular weight excluding hydrogens is 208 g/mol. The first-order valence-electron chi connectivity index (χ1n) is 4.91. The van der Waals surface area contributed by atoms with Crippen molar-refractivity contribution in [2.45, 2.75) is 26.7 Å². The van der Waals surface area contributed by atoms with Crippen molar-refractivity contribution in [3.8, 4) is 0 Å². The van der Waals surface area contributed by atoms with Gasteiger partial charge in [0.15, 0.2) is 0 Å². The summed E-state index contributed by atoms with van der Waals surface area (Å²) < 4.78 is 0. The molecule has 0 radical (unpaired) electrons. The lowest BCUT2D eigenvalue weighted by Crippen LogP contribution is -2.11. The van der Waals surface area contributed by atoms with Crippen molar-refractivity contribution >= 4 is 11.9 Å². The Balaban J connectivity index is 3.37. The maximum atomic E-state index is 10.9. The van der Waals surface area contributed by atoms with Crippen molar-refractivity contribution in [1.82, 2.24) is 0 Å². The summed E-state index contributed by atoms with van der Waals surface area (Å²) in [6.45, 7) is 5.13. The average Bonchev–Trinajstić information content (AvgIpc) is 2.20. The molecule has 86 valence electrons. The van der Waals surface area contributed by atoms with Gasteiger partial charge >= 0.3 is 11.9 Å². The molecule has 0 spiro atoms. The van der Waals surface area contributed by atoms with Crippen LogP contribution in [-0.2, 0) is 4.79 Å². The molecule has 4 heteroatoms. The molecule has 0 aromatic heterocycles. The van der Waals surface area contributed by atoms with E-state index in [1.807, 2.05) is 0 Å². The number of benzene rings is 1. The van der Waals surface area contributed by atoms with Crippen molar-refractivity contribution in [2.24, 2.45) is 0 Å². The third kappa shape index (κ3) is 2.21.